The number of carbonyl (C=O) groups is 1. The number of benzene rings is 2. The highest BCUT2D eigenvalue weighted by Gasteiger charge is 2.19. The molecule has 0 fully saturated rings. The molecule has 2 heterocycles. The van der Waals surface area contributed by atoms with Crippen LogP contribution in [0.5, 0.6) is 0 Å². The molecule has 1 N–H and O–H groups in total. The van der Waals surface area contributed by atoms with Crippen LogP contribution >= 0.6 is 15.9 Å². The fourth-order valence-electron chi connectivity index (χ4n) is 3.14. The maximum atomic E-state index is 11.9. The molecule has 27 heavy (non-hydrogen) atoms. The number of aromatic nitrogens is 1. The van der Waals surface area contributed by atoms with Gasteiger partial charge in [-0.25, -0.2) is 9.78 Å². The first-order valence-corrected chi connectivity index (χ1v) is 9.40. The third-order valence-electron chi connectivity index (χ3n) is 4.64. The second kappa shape index (κ2) is 6.20. The Labute approximate surface area is 165 Å². The molecule has 4 nitrogen and oxygen atoms in total. The van der Waals surface area contributed by atoms with Crippen molar-refractivity contribution in [2.45, 2.75) is 26.2 Å². The van der Waals surface area contributed by atoms with Gasteiger partial charge in [0.2, 0.25) is 0 Å². The van der Waals surface area contributed by atoms with Gasteiger partial charge in [-0.15, -0.1) is 0 Å². The Morgan fingerprint density at radius 3 is 2.56 bits per heavy atom. The number of fused-ring (bicyclic) bond motifs is 2. The molecular weight excluding hydrogens is 406 g/mol. The molecule has 0 unspecified atom stereocenters. The lowest BCUT2D eigenvalue weighted by molar-refractivity contribution is 0.0699. The van der Waals surface area contributed by atoms with Crippen LogP contribution in [-0.4, -0.2) is 16.1 Å². The SMILES string of the molecule is CC(C)(C)c1ccc2nc(-c3cc4cc(Br)ccc4o3)cc(C(=O)O)c2c1. The zero-order valence-corrected chi connectivity index (χ0v) is 16.8. The third-order valence-corrected chi connectivity index (χ3v) is 5.13. The van der Waals surface area contributed by atoms with Crippen LogP contribution in [0, 0.1) is 0 Å². The molecule has 136 valence electrons. The van der Waals surface area contributed by atoms with Crippen molar-refractivity contribution < 1.29 is 14.3 Å². The number of hydrogen-bond donors (Lipinski definition) is 1. The number of furan rings is 1. The summed E-state index contributed by atoms with van der Waals surface area (Å²) in [6.07, 6.45) is 0. The number of halogens is 1. The van der Waals surface area contributed by atoms with Gasteiger partial charge in [-0.3, -0.25) is 0 Å². The minimum Gasteiger partial charge on any atom is -0.478 e. The maximum absolute atomic E-state index is 11.9. The second-order valence-electron chi connectivity index (χ2n) is 7.63. The van der Waals surface area contributed by atoms with Crippen LogP contribution in [-0.2, 0) is 5.41 Å². The molecule has 0 saturated heterocycles. The number of carboxylic acid groups (broad SMARTS) is 1. The smallest absolute Gasteiger partial charge is 0.336 e. The Balaban J connectivity index is 1.94. The van der Waals surface area contributed by atoms with E-state index in [4.69, 9.17) is 4.42 Å². The average molecular weight is 424 g/mol. The zero-order valence-electron chi connectivity index (χ0n) is 15.2. The van der Waals surface area contributed by atoms with Crippen molar-refractivity contribution >= 4 is 43.8 Å². The van der Waals surface area contributed by atoms with Gasteiger partial charge in [-0.05, 0) is 53.4 Å². The van der Waals surface area contributed by atoms with Crippen LogP contribution in [0.3, 0.4) is 0 Å². The first-order valence-electron chi connectivity index (χ1n) is 8.60. The summed E-state index contributed by atoms with van der Waals surface area (Å²) in [5.74, 6) is -0.430. The van der Waals surface area contributed by atoms with Gasteiger partial charge >= 0.3 is 5.97 Å². The number of nitrogens with zero attached hydrogens (tertiary/aromatic N) is 1. The normalized spacial score (nSPS) is 12.0. The van der Waals surface area contributed by atoms with Crippen LogP contribution in [0.15, 0.2) is 57.4 Å². The van der Waals surface area contributed by atoms with Gasteiger partial charge in [-0.2, -0.15) is 0 Å². The summed E-state index contributed by atoms with van der Waals surface area (Å²) in [5.41, 5.74) is 3.10. The Morgan fingerprint density at radius 2 is 1.85 bits per heavy atom. The van der Waals surface area contributed by atoms with Gasteiger partial charge in [0.05, 0.1) is 11.1 Å². The van der Waals surface area contributed by atoms with E-state index < -0.39 is 5.97 Å². The Bertz CT molecular complexity index is 1200. The highest BCUT2D eigenvalue weighted by molar-refractivity contribution is 9.10. The summed E-state index contributed by atoms with van der Waals surface area (Å²) in [5, 5.41) is 11.3. The van der Waals surface area contributed by atoms with Crippen LogP contribution in [0.4, 0.5) is 0 Å². The summed E-state index contributed by atoms with van der Waals surface area (Å²) in [6.45, 7) is 6.30. The van der Waals surface area contributed by atoms with Crippen molar-refractivity contribution in [3.05, 3.63) is 64.1 Å². The van der Waals surface area contributed by atoms with E-state index in [9.17, 15) is 9.90 Å². The molecule has 0 radical (unpaired) electrons. The van der Waals surface area contributed by atoms with Gasteiger partial charge < -0.3 is 9.52 Å². The largest absolute Gasteiger partial charge is 0.478 e. The third kappa shape index (κ3) is 3.23. The molecule has 2 aromatic carbocycles. The fourth-order valence-corrected chi connectivity index (χ4v) is 3.51. The first kappa shape index (κ1) is 17.7. The van der Waals surface area contributed by atoms with Gasteiger partial charge in [-0.1, -0.05) is 42.8 Å². The summed E-state index contributed by atoms with van der Waals surface area (Å²) in [7, 11) is 0. The molecule has 4 aromatic rings. The van der Waals surface area contributed by atoms with E-state index in [-0.39, 0.29) is 11.0 Å². The monoisotopic (exact) mass is 423 g/mol. The van der Waals surface area contributed by atoms with E-state index in [2.05, 4.69) is 41.7 Å². The zero-order chi connectivity index (χ0) is 19.3. The van der Waals surface area contributed by atoms with Gasteiger partial charge in [0.1, 0.15) is 11.3 Å². The van der Waals surface area contributed by atoms with Crippen LogP contribution in [0.1, 0.15) is 36.7 Å². The predicted molar refractivity (Wildman–Crippen MR) is 110 cm³/mol. The topological polar surface area (TPSA) is 63.3 Å². The van der Waals surface area contributed by atoms with E-state index in [1.807, 2.05) is 42.5 Å². The molecule has 0 aliphatic carbocycles. The lowest BCUT2D eigenvalue weighted by Crippen LogP contribution is -2.11. The van der Waals surface area contributed by atoms with E-state index in [0.717, 1.165) is 21.0 Å². The number of carboxylic acids is 1. The highest BCUT2D eigenvalue weighted by atomic mass is 79.9. The van der Waals surface area contributed by atoms with Gasteiger partial charge in [0.15, 0.2) is 5.76 Å². The maximum Gasteiger partial charge on any atom is 0.336 e. The minimum absolute atomic E-state index is 0.0746. The Hall–Kier alpha value is -2.66. The summed E-state index contributed by atoms with van der Waals surface area (Å²) >= 11 is 3.45. The van der Waals surface area contributed by atoms with Crippen molar-refractivity contribution in [1.29, 1.82) is 0 Å². The van der Waals surface area contributed by atoms with Crippen molar-refractivity contribution in [1.82, 2.24) is 4.98 Å². The van der Waals surface area contributed by atoms with Crippen LogP contribution in [0.2, 0.25) is 0 Å². The van der Waals surface area contributed by atoms with Crippen molar-refractivity contribution in [2.75, 3.05) is 0 Å². The Kier molecular flexibility index (Phi) is 4.07. The molecule has 0 spiro atoms. The summed E-state index contributed by atoms with van der Waals surface area (Å²) < 4.78 is 6.85. The molecule has 0 saturated carbocycles. The second-order valence-corrected chi connectivity index (χ2v) is 8.55. The summed E-state index contributed by atoms with van der Waals surface area (Å²) in [6, 6.07) is 15.0. The first-order chi connectivity index (χ1) is 12.7. The molecule has 2 aromatic heterocycles. The standard InChI is InChI=1S/C22H18BrNO3/c1-22(2,3)13-4-6-17-15(10-13)16(21(25)26)11-18(24-17)20-9-12-8-14(23)5-7-19(12)27-20/h4-11H,1-3H3,(H,25,26). The highest BCUT2D eigenvalue weighted by Crippen LogP contribution is 2.33. The summed E-state index contributed by atoms with van der Waals surface area (Å²) in [4.78, 5) is 16.6. The van der Waals surface area contributed by atoms with Gasteiger partial charge in [0.25, 0.3) is 0 Å². The lowest BCUT2D eigenvalue weighted by atomic mass is 9.86. The minimum atomic E-state index is -0.978. The predicted octanol–water partition coefficient (Wildman–Crippen LogP) is 6.41. The van der Waals surface area contributed by atoms with E-state index in [1.54, 1.807) is 6.07 Å². The molecule has 0 aliphatic heterocycles. The fraction of sp³-hybridized carbons (Fsp3) is 0.182. The van der Waals surface area contributed by atoms with Crippen molar-refractivity contribution in [3.63, 3.8) is 0 Å². The Morgan fingerprint density at radius 1 is 1.07 bits per heavy atom. The van der Waals surface area contributed by atoms with Crippen molar-refractivity contribution in [2.24, 2.45) is 0 Å². The van der Waals surface area contributed by atoms with Gasteiger partial charge in [0, 0.05) is 15.2 Å². The number of rotatable bonds is 2. The van der Waals surface area contributed by atoms with Crippen molar-refractivity contribution in [3.8, 4) is 11.5 Å². The molecule has 4 rings (SSSR count). The van der Waals surface area contributed by atoms with E-state index in [1.165, 1.54) is 0 Å². The quantitative estimate of drug-likeness (QED) is 0.404. The molecule has 0 atom stereocenters. The number of aromatic carboxylic acids is 1. The number of pyridine rings is 1. The molecule has 0 bridgehead atoms. The molecule has 5 heteroatoms. The average Bonchev–Trinajstić information content (AvgIpc) is 3.02. The molecule has 0 amide bonds. The molecule has 0 aliphatic rings. The van der Waals surface area contributed by atoms with Crippen LogP contribution in [0.25, 0.3) is 33.3 Å². The number of hydrogen-bond acceptors (Lipinski definition) is 3. The van der Waals surface area contributed by atoms with E-state index in [0.29, 0.717) is 22.4 Å². The molecular formula is C22H18BrNO3. The lowest BCUT2D eigenvalue weighted by Gasteiger charge is -2.19. The van der Waals surface area contributed by atoms with Crippen LogP contribution < -0.4 is 0 Å². The van der Waals surface area contributed by atoms with E-state index >= 15 is 0 Å².